The van der Waals surface area contributed by atoms with Crippen LogP contribution in [0.2, 0.25) is 0 Å². The highest BCUT2D eigenvalue weighted by Gasteiger charge is 2.17. The molecule has 0 radical (unpaired) electrons. The third-order valence-electron chi connectivity index (χ3n) is 2.27. The molecule has 0 aliphatic rings. The SMILES string of the molecule is CCOC(=O)c1c(N)[nH]c2ccc(Br)cc12. The van der Waals surface area contributed by atoms with Crippen molar-refractivity contribution in [2.45, 2.75) is 6.92 Å². The Morgan fingerprint density at radius 1 is 1.56 bits per heavy atom. The van der Waals surface area contributed by atoms with Crippen molar-refractivity contribution in [2.24, 2.45) is 0 Å². The maximum absolute atomic E-state index is 11.7. The van der Waals surface area contributed by atoms with Crippen molar-refractivity contribution in [1.82, 2.24) is 4.98 Å². The highest BCUT2D eigenvalue weighted by molar-refractivity contribution is 9.10. The van der Waals surface area contributed by atoms with Gasteiger partial charge in [0.15, 0.2) is 0 Å². The number of halogens is 1. The number of H-pyrrole nitrogens is 1. The first kappa shape index (κ1) is 11.0. The van der Waals surface area contributed by atoms with Gasteiger partial charge in [-0.25, -0.2) is 4.79 Å². The smallest absolute Gasteiger partial charge is 0.342 e. The zero-order chi connectivity index (χ0) is 11.7. The van der Waals surface area contributed by atoms with Gasteiger partial charge in [0.2, 0.25) is 0 Å². The Morgan fingerprint density at radius 3 is 3.00 bits per heavy atom. The number of aromatic nitrogens is 1. The van der Waals surface area contributed by atoms with Crippen LogP contribution in [0.4, 0.5) is 5.82 Å². The van der Waals surface area contributed by atoms with Gasteiger partial charge in [0.25, 0.3) is 0 Å². The highest BCUT2D eigenvalue weighted by atomic mass is 79.9. The van der Waals surface area contributed by atoms with Crippen LogP contribution in [0.1, 0.15) is 17.3 Å². The molecule has 0 fully saturated rings. The zero-order valence-corrected chi connectivity index (χ0v) is 10.3. The number of esters is 1. The Kier molecular flexibility index (Phi) is 2.87. The maximum Gasteiger partial charge on any atom is 0.342 e. The first-order chi connectivity index (χ1) is 7.63. The van der Waals surface area contributed by atoms with E-state index >= 15 is 0 Å². The predicted octanol–water partition coefficient (Wildman–Crippen LogP) is 2.69. The van der Waals surface area contributed by atoms with Crippen molar-refractivity contribution in [3.05, 3.63) is 28.2 Å². The lowest BCUT2D eigenvalue weighted by molar-refractivity contribution is 0.0530. The lowest BCUT2D eigenvalue weighted by Crippen LogP contribution is -2.06. The number of anilines is 1. The van der Waals surface area contributed by atoms with Crippen LogP contribution in [0.15, 0.2) is 22.7 Å². The monoisotopic (exact) mass is 282 g/mol. The standard InChI is InChI=1S/C11H11BrN2O2/c1-2-16-11(15)9-7-5-6(12)3-4-8(7)14-10(9)13/h3-5,14H,2,13H2,1H3. The van der Waals surface area contributed by atoms with Crippen molar-refractivity contribution in [3.63, 3.8) is 0 Å². The van der Waals surface area contributed by atoms with E-state index in [1.807, 2.05) is 18.2 Å². The molecule has 0 aliphatic carbocycles. The van der Waals surface area contributed by atoms with Gasteiger partial charge in [-0.3, -0.25) is 0 Å². The van der Waals surface area contributed by atoms with Crippen molar-refractivity contribution < 1.29 is 9.53 Å². The number of aromatic amines is 1. The number of nitrogens with one attached hydrogen (secondary N) is 1. The van der Waals surface area contributed by atoms with Gasteiger partial charge in [-0.1, -0.05) is 15.9 Å². The number of rotatable bonds is 2. The van der Waals surface area contributed by atoms with E-state index in [9.17, 15) is 4.79 Å². The molecule has 2 aromatic rings. The van der Waals surface area contributed by atoms with E-state index in [1.165, 1.54) is 0 Å². The summed E-state index contributed by atoms with van der Waals surface area (Å²) in [5, 5.41) is 0.769. The molecule has 0 spiro atoms. The zero-order valence-electron chi connectivity index (χ0n) is 8.71. The molecule has 2 rings (SSSR count). The second kappa shape index (κ2) is 4.17. The Morgan fingerprint density at radius 2 is 2.31 bits per heavy atom. The molecule has 0 aliphatic heterocycles. The number of fused-ring (bicyclic) bond motifs is 1. The molecule has 1 aromatic heterocycles. The van der Waals surface area contributed by atoms with Gasteiger partial charge in [0, 0.05) is 15.4 Å². The van der Waals surface area contributed by atoms with Crippen LogP contribution in [-0.2, 0) is 4.74 Å². The summed E-state index contributed by atoms with van der Waals surface area (Å²) >= 11 is 3.36. The van der Waals surface area contributed by atoms with Gasteiger partial charge >= 0.3 is 5.97 Å². The minimum absolute atomic E-state index is 0.332. The molecule has 0 saturated carbocycles. The van der Waals surface area contributed by atoms with Crippen LogP contribution in [0.5, 0.6) is 0 Å². The number of carbonyl (C=O) groups excluding carboxylic acids is 1. The third-order valence-corrected chi connectivity index (χ3v) is 2.76. The Balaban J connectivity index is 2.62. The first-order valence-electron chi connectivity index (χ1n) is 4.87. The molecule has 0 saturated heterocycles. The molecule has 16 heavy (non-hydrogen) atoms. The summed E-state index contributed by atoms with van der Waals surface area (Å²) in [5.41, 5.74) is 6.99. The van der Waals surface area contributed by atoms with Crippen LogP contribution in [0.25, 0.3) is 10.9 Å². The molecule has 1 aromatic carbocycles. The first-order valence-corrected chi connectivity index (χ1v) is 5.66. The van der Waals surface area contributed by atoms with Crippen LogP contribution < -0.4 is 5.73 Å². The third kappa shape index (κ3) is 1.78. The molecule has 0 unspecified atom stereocenters. The predicted molar refractivity (Wildman–Crippen MR) is 66.4 cm³/mol. The van der Waals surface area contributed by atoms with Gasteiger partial charge in [0.1, 0.15) is 11.4 Å². The average molecular weight is 283 g/mol. The van der Waals surface area contributed by atoms with Crippen molar-refractivity contribution in [3.8, 4) is 0 Å². The second-order valence-corrected chi connectivity index (χ2v) is 4.24. The number of hydrogen-bond donors (Lipinski definition) is 2. The number of nitrogen functional groups attached to an aromatic ring is 1. The average Bonchev–Trinajstić information content (AvgIpc) is 2.53. The summed E-state index contributed by atoms with van der Waals surface area (Å²) in [4.78, 5) is 14.7. The quantitative estimate of drug-likeness (QED) is 0.832. The summed E-state index contributed by atoms with van der Waals surface area (Å²) in [6.45, 7) is 2.10. The number of nitrogens with two attached hydrogens (primary N) is 1. The summed E-state index contributed by atoms with van der Waals surface area (Å²) in [5.74, 6) is -0.0594. The fraction of sp³-hybridized carbons (Fsp3) is 0.182. The Bertz CT molecular complexity index is 548. The molecule has 84 valence electrons. The summed E-state index contributed by atoms with van der Waals surface area (Å²) in [6.07, 6.45) is 0. The van der Waals surface area contributed by atoms with E-state index in [0.717, 1.165) is 15.4 Å². The molecule has 4 nitrogen and oxygen atoms in total. The normalized spacial score (nSPS) is 10.6. The van der Waals surface area contributed by atoms with Gasteiger partial charge in [-0.2, -0.15) is 0 Å². The summed E-state index contributed by atoms with van der Waals surface area (Å²) in [6, 6.07) is 5.58. The minimum Gasteiger partial charge on any atom is -0.462 e. The van der Waals surface area contributed by atoms with E-state index in [-0.39, 0.29) is 0 Å². The van der Waals surface area contributed by atoms with Gasteiger partial charge in [-0.15, -0.1) is 0 Å². The van der Waals surface area contributed by atoms with Crippen molar-refractivity contribution in [1.29, 1.82) is 0 Å². The number of carbonyl (C=O) groups is 1. The molecular formula is C11H11BrN2O2. The number of benzene rings is 1. The van der Waals surface area contributed by atoms with Gasteiger partial charge in [0.05, 0.1) is 6.61 Å². The van der Waals surface area contributed by atoms with E-state index in [2.05, 4.69) is 20.9 Å². The largest absolute Gasteiger partial charge is 0.462 e. The molecule has 3 N–H and O–H groups in total. The van der Waals surface area contributed by atoms with Crippen molar-refractivity contribution in [2.75, 3.05) is 12.3 Å². The fourth-order valence-electron chi connectivity index (χ4n) is 1.61. The van der Waals surface area contributed by atoms with Crippen LogP contribution in [0, 0.1) is 0 Å². The minimum atomic E-state index is -0.399. The molecule has 1 heterocycles. The topological polar surface area (TPSA) is 68.1 Å². The lowest BCUT2D eigenvalue weighted by atomic mass is 10.1. The van der Waals surface area contributed by atoms with Gasteiger partial charge < -0.3 is 15.5 Å². The molecular weight excluding hydrogens is 272 g/mol. The Labute approximate surface area is 101 Å². The molecule has 0 amide bonds. The molecule has 0 bridgehead atoms. The summed E-state index contributed by atoms with van der Waals surface area (Å²) < 4.78 is 5.85. The van der Waals surface area contributed by atoms with E-state index in [1.54, 1.807) is 6.92 Å². The highest BCUT2D eigenvalue weighted by Crippen LogP contribution is 2.27. The number of ether oxygens (including phenoxy) is 1. The van der Waals surface area contributed by atoms with Crippen LogP contribution in [0.3, 0.4) is 0 Å². The molecule has 5 heteroatoms. The summed E-state index contributed by atoms with van der Waals surface area (Å²) in [7, 11) is 0. The Hall–Kier alpha value is -1.49. The fourth-order valence-corrected chi connectivity index (χ4v) is 1.97. The maximum atomic E-state index is 11.7. The second-order valence-electron chi connectivity index (χ2n) is 3.32. The van der Waals surface area contributed by atoms with E-state index in [0.29, 0.717) is 18.0 Å². The van der Waals surface area contributed by atoms with Crippen molar-refractivity contribution >= 4 is 38.6 Å². The van der Waals surface area contributed by atoms with Gasteiger partial charge in [-0.05, 0) is 25.1 Å². The van der Waals surface area contributed by atoms with Crippen LogP contribution in [-0.4, -0.2) is 17.6 Å². The van der Waals surface area contributed by atoms with E-state index < -0.39 is 5.97 Å². The molecule has 0 atom stereocenters. The van der Waals surface area contributed by atoms with E-state index in [4.69, 9.17) is 10.5 Å². The number of hydrogen-bond acceptors (Lipinski definition) is 3. The lowest BCUT2D eigenvalue weighted by Gasteiger charge is -2.01. The van der Waals surface area contributed by atoms with Crippen LogP contribution >= 0.6 is 15.9 Å².